The number of hydrogen-bond acceptors (Lipinski definition) is 5. The van der Waals surface area contributed by atoms with Crippen molar-refractivity contribution in [1.29, 1.82) is 0 Å². The van der Waals surface area contributed by atoms with Crippen molar-refractivity contribution in [2.45, 2.75) is 32.9 Å². The van der Waals surface area contributed by atoms with Crippen molar-refractivity contribution in [2.75, 3.05) is 6.54 Å². The molecule has 13 heavy (non-hydrogen) atoms. The second-order valence-electron chi connectivity index (χ2n) is 3.18. The Morgan fingerprint density at radius 2 is 2.38 bits per heavy atom. The first kappa shape index (κ1) is 10.1. The molecule has 1 unspecified atom stereocenters. The monoisotopic (exact) mass is 184 g/mol. The van der Waals surface area contributed by atoms with Crippen molar-refractivity contribution in [2.24, 2.45) is 5.73 Å². The summed E-state index contributed by atoms with van der Waals surface area (Å²) >= 11 is 0. The average molecular weight is 184 g/mol. The van der Waals surface area contributed by atoms with Crippen LogP contribution in [0.25, 0.3) is 0 Å². The highest BCUT2D eigenvalue weighted by Crippen LogP contribution is 1.94. The van der Waals surface area contributed by atoms with Gasteiger partial charge in [0.15, 0.2) is 5.82 Å². The van der Waals surface area contributed by atoms with Crippen LogP contribution in [0.2, 0.25) is 0 Å². The number of aromatic nitrogens is 2. The minimum absolute atomic E-state index is 0.233. The van der Waals surface area contributed by atoms with Gasteiger partial charge in [-0.25, -0.2) is 0 Å². The lowest BCUT2D eigenvalue weighted by molar-refractivity contribution is 0.363. The van der Waals surface area contributed by atoms with Crippen LogP contribution in [0.1, 0.15) is 25.1 Å². The van der Waals surface area contributed by atoms with Crippen LogP contribution < -0.4 is 11.1 Å². The Labute approximate surface area is 77.7 Å². The first-order valence-electron chi connectivity index (χ1n) is 4.44. The maximum atomic E-state index is 5.58. The SMILES string of the molecule is Cc1noc(CNCCC(C)N)n1. The molecular weight excluding hydrogens is 168 g/mol. The smallest absolute Gasteiger partial charge is 0.240 e. The van der Waals surface area contributed by atoms with Crippen LogP contribution in [-0.2, 0) is 6.54 Å². The zero-order chi connectivity index (χ0) is 9.68. The molecule has 0 fully saturated rings. The van der Waals surface area contributed by atoms with Crippen LogP contribution in [0.4, 0.5) is 0 Å². The van der Waals surface area contributed by atoms with E-state index in [4.69, 9.17) is 10.3 Å². The van der Waals surface area contributed by atoms with Crippen molar-refractivity contribution >= 4 is 0 Å². The fraction of sp³-hybridized carbons (Fsp3) is 0.750. The maximum absolute atomic E-state index is 5.58. The molecule has 0 aliphatic heterocycles. The lowest BCUT2D eigenvalue weighted by Gasteiger charge is -2.04. The van der Waals surface area contributed by atoms with E-state index < -0.39 is 0 Å². The summed E-state index contributed by atoms with van der Waals surface area (Å²) in [5.74, 6) is 1.30. The lowest BCUT2D eigenvalue weighted by atomic mass is 10.2. The van der Waals surface area contributed by atoms with Gasteiger partial charge in [0.25, 0.3) is 0 Å². The third-order valence-corrected chi connectivity index (χ3v) is 1.62. The summed E-state index contributed by atoms with van der Waals surface area (Å²) in [5, 5.41) is 6.85. The lowest BCUT2D eigenvalue weighted by Crippen LogP contribution is -2.23. The molecule has 0 amide bonds. The third kappa shape index (κ3) is 4.00. The van der Waals surface area contributed by atoms with E-state index in [9.17, 15) is 0 Å². The molecule has 1 rings (SSSR count). The molecule has 1 aromatic rings. The molecular formula is C8H16N4O. The van der Waals surface area contributed by atoms with Crippen LogP contribution in [0.15, 0.2) is 4.52 Å². The van der Waals surface area contributed by atoms with Gasteiger partial charge in [0, 0.05) is 6.04 Å². The van der Waals surface area contributed by atoms with Crippen molar-refractivity contribution in [1.82, 2.24) is 15.5 Å². The van der Waals surface area contributed by atoms with Gasteiger partial charge in [-0.3, -0.25) is 0 Å². The third-order valence-electron chi connectivity index (χ3n) is 1.62. The fourth-order valence-electron chi connectivity index (χ4n) is 0.937. The highest BCUT2D eigenvalue weighted by Gasteiger charge is 2.01. The van der Waals surface area contributed by atoms with Gasteiger partial charge in [-0.2, -0.15) is 4.98 Å². The fourth-order valence-corrected chi connectivity index (χ4v) is 0.937. The summed E-state index contributed by atoms with van der Waals surface area (Å²) in [6.07, 6.45) is 0.952. The highest BCUT2D eigenvalue weighted by atomic mass is 16.5. The van der Waals surface area contributed by atoms with Gasteiger partial charge < -0.3 is 15.6 Å². The zero-order valence-corrected chi connectivity index (χ0v) is 8.08. The molecule has 0 radical (unpaired) electrons. The molecule has 1 heterocycles. The van der Waals surface area contributed by atoms with Crippen molar-refractivity contribution in [3.63, 3.8) is 0 Å². The Kier molecular flexibility index (Phi) is 3.85. The van der Waals surface area contributed by atoms with Gasteiger partial charge in [0.05, 0.1) is 6.54 Å². The van der Waals surface area contributed by atoms with Gasteiger partial charge in [-0.15, -0.1) is 0 Å². The predicted octanol–water partition coefficient (Wildman–Crippen LogP) is 0.205. The molecule has 0 bridgehead atoms. The minimum Gasteiger partial charge on any atom is -0.338 e. The standard InChI is InChI=1S/C8H16N4O/c1-6(9)3-4-10-5-8-11-7(2)12-13-8/h6,10H,3-5,9H2,1-2H3. The van der Waals surface area contributed by atoms with Crippen LogP contribution in [0.5, 0.6) is 0 Å². The Bertz CT molecular complexity index is 246. The normalized spacial score (nSPS) is 13.2. The number of hydrogen-bond donors (Lipinski definition) is 2. The molecule has 0 saturated heterocycles. The summed E-state index contributed by atoms with van der Waals surface area (Å²) in [7, 11) is 0. The van der Waals surface area contributed by atoms with Crippen molar-refractivity contribution < 1.29 is 4.52 Å². The molecule has 0 aliphatic carbocycles. The van der Waals surface area contributed by atoms with E-state index in [1.807, 2.05) is 6.92 Å². The number of aryl methyl sites for hydroxylation is 1. The molecule has 0 spiro atoms. The van der Waals surface area contributed by atoms with Crippen LogP contribution in [0.3, 0.4) is 0 Å². The quantitative estimate of drug-likeness (QED) is 0.639. The Hall–Kier alpha value is -0.940. The molecule has 5 nitrogen and oxygen atoms in total. The molecule has 5 heteroatoms. The number of nitrogens with two attached hydrogens (primary N) is 1. The molecule has 74 valence electrons. The summed E-state index contributed by atoms with van der Waals surface area (Å²) < 4.78 is 4.92. The highest BCUT2D eigenvalue weighted by molar-refractivity contribution is 4.81. The Morgan fingerprint density at radius 1 is 1.62 bits per heavy atom. The molecule has 1 aromatic heterocycles. The van der Waals surface area contributed by atoms with E-state index in [-0.39, 0.29) is 6.04 Å². The first-order chi connectivity index (χ1) is 6.18. The van der Waals surface area contributed by atoms with E-state index in [0.717, 1.165) is 13.0 Å². The predicted molar refractivity (Wildman–Crippen MR) is 49.0 cm³/mol. The number of nitrogens with one attached hydrogen (secondary N) is 1. The summed E-state index contributed by atoms with van der Waals surface area (Å²) in [6, 6.07) is 0.233. The van der Waals surface area contributed by atoms with E-state index in [1.165, 1.54) is 0 Å². The van der Waals surface area contributed by atoms with Gasteiger partial charge in [0.2, 0.25) is 5.89 Å². The van der Waals surface area contributed by atoms with Crippen molar-refractivity contribution in [3.05, 3.63) is 11.7 Å². The molecule has 0 aliphatic rings. The second-order valence-corrected chi connectivity index (χ2v) is 3.18. The maximum Gasteiger partial charge on any atom is 0.240 e. The molecule has 0 aromatic carbocycles. The van der Waals surface area contributed by atoms with Gasteiger partial charge in [-0.1, -0.05) is 5.16 Å². The van der Waals surface area contributed by atoms with E-state index >= 15 is 0 Å². The zero-order valence-electron chi connectivity index (χ0n) is 8.08. The summed E-state index contributed by atoms with van der Waals surface area (Å²) in [6.45, 7) is 5.28. The molecule has 0 saturated carbocycles. The van der Waals surface area contributed by atoms with Crippen LogP contribution >= 0.6 is 0 Å². The van der Waals surface area contributed by atoms with Crippen molar-refractivity contribution in [3.8, 4) is 0 Å². The van der Waals surface area contributed by atoms with E-state index in [2.05, 4.69) is 15.5 Å². The Balaban J connectivity index is 2.13. The van der Waals surface area contributed by atoms with Crippen LogP contribution in [-0.4, -0.2) is 22.7 Å². The summed E-state index contributed by atoms with van der Waals surface area (Å²) in [5.41, 5.74) is 5.58. The number of rotatable bonds is 5. The van der Waals surface area contributed by atoms with E-state index in [0.29, 0.717) is 18.3 Å². The minimum atomic E-state index is 0.233. The molecule has 3 N–H and O–H groups in total. The molecule has 1 atom stereocenters. The van der Waals surface area contributed by atoms with Gasteiger partial charge in [-0.05, 0) is 26.8 Å². The van der Waals surface area contributed by atoms with Crippen LogP contribution in [0, 0.1) is 6.92 Å². The average Bonchev–Trinajstić information content (AvgIpc) is 2.45. The van der Waals surface area contributed by atoms with E-state index in [1.54, 1.807) is 6.92 Å². The van der Waals surface area contributed by atoms with Gasteiger partial charge in [0.1, 0.15) is 0 Å². The topological polar surface area (TPSA) is 77.0 Å². The van der Waals surface area contributed by atoms with Gasteiger partial charge >= 0.3 is 0 Å². The first-order valence-corrected chi connectivity index (χ1v) is 4.44. The largest absolute Gasteiger partial charge is 0.338 e. The second kappa shape index (κ2) is 4.94. The summed E-state index contributed by atoms with van der Waals surface area (Å²) in [4.78, 5) is 4.06. The number of nitrogens with zero attached hydrogens (tertiary/aromatic N) is 2. The Morgan fingerprint density at radius 3 is 2.92 bits per heavy atom.